The topological polar surface area (TPSA) is 78.4 Å². The van der Waals surface area contributed by atoms with Gasteiger partial charge in [0.15, 0.2) is 0 Å². The number of anilines is 1. The minimum Gasteiger partial charge on any atom is -0.478 e. The molecule has 30 heavy (non-hydrogen) atoms. The van der Waals surface area contributed by atoms with Crippen molar-refractivity contribution in [2.75, 3.05) is 5.32 Å². The zero-order valence-electron chi connectivity index (χ0n) is 16.1. The Kier molecular flexibility index (Phi) is 7.24. The molecule has 0 spiro atoms. The van der Waals surface area contributed by atoms with Gasteiger partial charge in [0.25, 0.3) is 0 Å². The fourth-order valence-electron chi connectivity index (χ4n) is 3.00. The molecule has 0 unspecified atom stereocenters. The summed E-state index contributed by atoms with van der Waals surface area (Å²) in [7, 11) is 0. The van der Waals surface area contributed by atoms with Crippen molar-refractivity contribution in [3.63, 3.8) is 0 Å². The van der Waals surface area contributed by atoms with Gasteiger partial charge in [0.1, 0.15) is 0 Å². The van der Waals surface area contributed by atoms with E-state index in [9.17, 15) is 9.59 Å². The lowest BCUT2D eigenvalue weighted by Gasteiger charge is -2.16. The molecule has 5 nitrogen and oxygen atoms in total. The average Bonchev–Trinajstić information content (AvgIpc) is 2.73. The van der Waals surface area contributed by atoms with Gasteiger partial charge in [-0.1, -0.05) is 72.3 Å². The zero-order chi connectivity index (χ0) is 21.3. The number of hydrogen-bond donors (Lipinski definition) is 3. The van der Waals surface area contributed by atoms with Crippen molar-refractivity contribution < 1.29 is 14.7 Å². The number of carboxylic acids is 1. The van der Waals surface area contributed by atoms with Crippen LogP contribution in [0.25, 0.3) is 11.1 Å². The molecule has 0 fully saturated rings. The Balaban J connectivity index is 1.65. The molecule has 3 N–H and O–H groups in total. The molecule has 0 radical (unpaired) electrons. The average molecular weight is 421 g/mol. The fraction of sp³-hybridized carbons (Fsp3) is 0.0833. The van der Waals surface area contributed by atoms with Gasteiger partial charge in [-0.25, -0.2) is 9.59 Å². The van der Waals surface area contributed by atoms with Gasteiger partial charge < -0.3 is 15.7 Å². The smallest absolute Gasteiger partial charge is 0.328 e. The van der Waals surface area contributed by atoms with E-state index in [0.29, 0.717) is 17.1 Å². The van der Waals surface area contributed by atoms with E-state index in [1.807, 2.05) is 66.7 Å². The number of carbonyl (C=O) groups excluding carboxylic acids is 1. The number of halogens is 1. The zero-order valence-corrected chi connectivity index (χ0v) is 16.8. The number of amides is 2. The highest BCUT2D eigenvalue weighted by molar-refractivity contribution is 6.30. The lowest BCUT2D eigenvalue weighted by atomic mass is 10.1. The van der Waals surface area contributed by atoms with Gasteiger partial charge in [0.2, 0.25) is 0 Å². The summed E-state index contributed by atoms with van der Waals surface area (Å²) in [5.74, 6) is -1.08. The van der Waals surface area contributed by atoms with Crippen LogP contribution in [0.3, 0.4) is 0 Å². The first-order valence-corrected chi connectivity index (χ1v) is 9.76. The van der Waals surface area contributed by atoms with Gasteiger partial charge in [0, 0.05) is 16.8 Å². The maximum Gasteiger partial charge on any atom is 0.328 e. The number of carbonyl (C=O) groups is 2. The highest BCUT2D eigenvalue weighted by Gasteiger charge is 2.12. The normalized spacial score (nSPS) is 11.8. The van der Waals surface area contributed by atoms with Crippen molar-refractivity contribution in [2.45, 2.75) is 12.5 Å². The van der Waals surface area contributed by atoms with Crippen LogP contribution >= 0.6 is 11.6 Å². The minimum atomic E-state index is -1.08. The first-order valence-electron chi connectivity index (χ1n) is 9.38. The minimum absolute atomic E-state index is 0.407. The highest BCUT2D eigenvalue weighted by Crippen LogP contribution is 2.21. The van der Waals surface area contributed by atoms with Crippen LogP contribution < -0.4 is 10.6 Å². The molecule has 0 aliphatic heterocycles. The number of aliphatic carboxylic acids is 1. The van der Waals surface area contributed by atoms with Crippen LogP contribution in [0.5, 0.6) is 0 Å². The Bertz CT molecular complexity index is 1030. The Morgan fingerprint density at radius 3 is 2.30 bits per heavy atom. The predicted octanol–water partition coefficient (Wildman–Crippen LogP) is 5.38. The highest BCUT2D eigenvalue weighted by atomic mass is 35.5. The van der Waals surface area contributed by atoms with Crippen LogP contribution in [-0.2, 0) is 11.2 Å². The Morgan fingerprint density at radius 1 is 0.933 bits per heavy atom. The van der Waals surface area contributed by atoms with Gasteiger partial charge in [-0.15, -0.1) is 0 Å². The molecule has 2 amide bonds. The summed E-state index contributed by atoms with van der Waals surface area (Å²) in [5, 5.41) is 15.1. The lowest BCUT2D eigenvalue weighted by Crippen LogP contribution is -2.38. The molecule has 3 aromatic carbocycles. The molecule has 0 saturated carbocycles. The van der Waals surface area contributed by atoms with Gasteiger partial charge in [-0.3, -0.25) is 0 Å². The second kappa shape index (κ2) is 10.3. The third-order valence-corrected chi connectivity index (χ3v) is 4.62. The number of hydrogen-bond acceptors (Lipinski definition) is 2. The van der Waals surface area contributed by atoms with Gasteiger partial charge >= 0.3 is 12.0 Å². The molecule has 0 aromatic heterocycles. The molecule has 6 heteroatoms. The van der Waals surface area contributed by atoms with E-state index >= 15 is 0 Å². The second-order valence-electron chi connectivity index (χ2n) is 6.68. The summed E-state index contributed by atoms with van der Waals surface area (Å²) in [5.41, 5.74) is 3.66. The predicted molar refractivity (Wildman–Crippen MR) is 120 cm³/mol. The van der Waals surface area contributed by atoms with Crippen molar-refractivity contribution in [1.29, 1.82) is 0 Å². The number of rotatable bonds is 7. The molecule has 0 bridgehead atoms. The molecule has 0 aliphatic rings. The van der Waals surface area contributed by atoms with E-state index in [-0.39, 0.29) is 0 Å². The van der Waals surface area contributed by atoms with Gasteiger partial charge in [0.05, 0.1) is 6.04 Å². The SMILES string of the molecule is O=C(O)/C=C/[C@H](Cc1cccc(Cl)c1)NC(=O)Nc1ccc(-c2ccccc2)cc1. The standard InChI is InChI=1S/C24H21ClN2O3/c25-20-8-4-5-17(15-20)16-22(13-14-23(28)29)27-24(30)26-21-11-9-19(10-12-21)18-6-2-1-3-7-18/h1-15,22H,16H2,(H,28,29)(H2,26,27,30)/b14-13+/t22-/m1/s1. The lowest BCUT2D eigenvalue weighted by molar-refractivity contribution is -0.131. The molecular weight excluding hydrogens is 400 g/mol. The van der Waals surface area contributed by atoms with Crippen molar-refractivity contribution >= 4 is 29.3 Å². The molecule has 3 aromatic rings. The number of carboxylic acid groups (broad SMARTS) is 1. The summed E-state index contributed by atoms with van der Waals surface area (Å²) < 4.78 is 0. The third-order valence-electron chi connectivity index (χ3n) is 4.38. The maximum absolute atomic E-state index is 12.5. The summed E-state index contributed by atoms with van der Waals surface area (Å²) in [4.78, 5) is 23.3. The van der Waals surface area contributed by atoms with E-state index in [2.05, 4.69) is 10.6 Å². The Hall–Kier alpha value is -3.57. The molecule has 3 rings (SSSR count). The molecule has 0 saturated heterocycles. The van der Waals surface area contributed by atoms with Crippen LogP contribution in [0.15, 0.2) is 91.0 Å². The van der Waals surface area contributed by atoms with Crippen LogP contribution in [0.1, 0.15) is 5.56 Å². The summed E-state index contributed by atoms with van der Waals surface area (Å²) >= 11 is 6.01. The van der Waals surface area contributed by atoms with Crippen molar-refractivity contribution in [3.8, 4) is 11.1 Å². The fourth-order valence-corrected chi connectivity index (χ4v) is 3.21. The Labute approximate surface area is 180 Å². The molecule has 0 heterocycles. The Morgan fingerprint density at radius 2 is 1.63 bits per heavy atom. The maximum atomic E-state index is 12.5. The number of urea groups is 1. The quantitative estimate of drug-likeness (QED) is 0.449. The second-order valence-corrected chi connectivity index (χ2v) is 7.12. The van der Waals surface area contributed by atoms with Gasteiger partial charge in [-0.2, -0.15) is 0 Å². The largest absolute Gasteiger partial charge is 0.478 e. The van der Waals surface area contributed by atoms with E-state index in [0.717, 1.165) is 22.8 Å². The third kappa shape index (κ3) is 6.50. The summed E-state index contributed by atoms with van der Waals surface area (Å²) in [6.45, 7) is 0. The molecule has 0 aliphatic carbocycles. The molecular formula is C24H21ClN2O3. The van der Waals surface area contributed by atoms with Crippen molar-refractivity contribution in [2.24, 2.45) is 0 Å². The van der Waals surface area contributed by atoms with Crippen molar-refractivity contribution in [3.05, 3.63) is 102 Å². The first-order chi connectivity index (χ1) is 14.5. The monoisotopic (exact) mass is 420 g/mol. The number of benzene rings is 3. The van der Waals surface area contributed by atoms with E-state index in [1.165, 1.54) is 6.08 Å². The van der Waals surface area contributed by atoms with Crippen LogP contribution in [0, 0.1) is 0 Å². The molecule has 152 valence electrons. The van der Waals surface area contributed by atoms with Crippen molar-refractivity contribution in [1.82, 2.24) is 5.32 Å². The van der Waals surface area contributed by atoms with Crippen LogP contribution in [0.4, 0.5) is 10.5 Å². The first kappa shape index (κ1) is 21.1. The van der Waals surface area contributed by atoms with E-state index < -0.39 is 18.0 Å². The summed E-state index contributed by atoms with van der Waals surface area (Å²) in [6, 6.07) is 23.7. The van der Waals surface area contributed by atoms with Crippen LogP contribution in [-0.4, -0.2) is 23.1 Å². The van der Waals surface area contributed by atoms with E-state index in [4.69, 9.17) is 16.7 Å². The van der Waals surface area contributed by atoms with E-state index in [1.54, 1.807) is 12.1 Å². The molecule has 1 atom stereocenters. The summed E-state index contributed by atoms with van der Waals surface area (Å²) in [6.07, 6.45) is 2.87. The number of nitrogens with one attached hydrogen (secondary N) is 2. The van der Waals surface area contributed by atoms with Gasteiger partial charge in [-0.05, 0) is 47.4 Å². The van der Waals surface area contributed by atoms with Crippen LogP contribution in [0.2, 0.25) is 5.02 Å².